The molecular formula is C13H20N2O2. The first kappa shape index (κ1) is 12.3. The number of rotatable bonds is 5. The lowest BCUT2D eigenvalue weighted by atomic mass is 10.2. The topological polar surface area (TPSA) is 36.7 Å². The zero-order valence-corrected chi connectivity index (χ0v) is 10.6. The molecule has 1 fully saturated rings. The van der Waals surface area contributed by atoms with Gasteiger partial charge in [0.2, 0.25) is 5.78 Å². The predicted octanol–water partition coefficient (Wildman–Crippen LogP) is 1.49. The number of hydrogen-bond acceptors (Lipinski definition) is 4. The Hall–Kier alpha value is -1.13. The fourth-order valence-electron chi connectivity index (χ4n) is 2.43. The first-order valence-corrected chi connectivity index (χ1v) is 6.12. The Balaban J connectivity index is 1.91. The molecule has 1 aromatic rings. The third-order valence-corrected chi connectivity index (χ3v) is 3.22. The van der Waals surface area contributed by atoms with Gasteiger partial charge in [0.25, 0.3) is 0 Å². The maximum Gasteiger partial charge on any atom is 0.211 e. The van der Waals surface area contributed by atoms with Gasteiger partial charge >= 0.3 is 0 Å². The van der Waals surface area contributed by atoms with E-state index in [1.165, 1.54) is 12.8 Å². The zero-order chi connectivity index (χ0) is 12.3. The van der Waals surface area contributed by atoms with E-state index in [-0.39, 0.29) is 5.78 Å². The van der Waals surface area contributed by atoms with Crippen LogP contribution in [0.1, 0.15) is 23.4 Å². The fraction of sp³-hybridized carbons (Fsp3) is 0.615. The van der Waals surface area contributed by atoms with Crippen molar-refractivity contribution >= 4 is 5.78 Å². The lowest BCUT2D eigenvalue weighted by molar-refractivity contribution is 0.0883. The molecule has 0 N–H and O–H groups in total. The summed E-state index contributed by atoms with van der Waals surface area (Å²) >= 11 is 0. The second-order valence-corrected chi connectivity index (χ2v) is 4.93. The fourth-order valence-corrected chi connectivity index (χ4v) is 2.43. The monoisotopic (exact) mass is 236 g/mol. The van der Waals surface area contributed by atoms with Crippen LogP contribution in [0.3, 0.4) is 0 Å². The van der Waals surface area contributed by atoms with Crippen molar-refractivity contribution < 1.29 is 9.21 Å². The Morgan fingerprint density at radius 2 is 2.41 bits per heavy atom. The van der Waals surface area contributed by atoms with Gasteiger partial charge in [0.1, 0.15) is 0 Å². The maximum atomic E-state index is 11.9. The number of carbonyl (C=O) groups excluding carboxylic acids is 1. The van der Waals surface area contributed by atoms with Gasteiger partial charge in [-0.2, -0.15) is 0 Å². The number of furan rings is 1. The van der Waals surface area contributed by atoms with E-state index in [1.54, 1.807) is 18.4 Å². The smallest absolute Gasteiger partial charge is 0.211 e. The van der Waals surface area contributed by atoms with Crippen molar-refractivity contribution in [1.82, 2.24) is 9.80 Å². The van der Waals surface area contributed by atoms with Crippen LogP contribution in [0.15, 0.2) is 22.8 Å². The largest absolute Gasteiger partial charge is 0.461 e. The predicted molar refractivity (Wildman–Crippen MR) is 66.2 cm³/mol. The highest BCUT2D eigenvalue weighted by Crippen LogP contribution is 2.18. The normalized spacial score (nSPS) is 21.2. The maximum absolute atomic E-state index is 11.9. The highest BCUT2D eigenvalue weighted by atomic mass is 16.3. The molecule has 2 heterocycles. The number of nitrogens with zero attached hydrogens (tertiary/aromatic N) is 2. The SMILES string of the molecule is CN(C)CC1CCCN1CC(=O)c1ccco1. The van der Waals surface area contributed by atoms with Gasteiger partial charge in [-0.15, -0.1) is 0 Å². The van der Waals surface area contributed by atoms with Crippen molar-refractivity contribution in [1.29, 1.82) is 0 Å². The molecule has 4 heteroatoms. The van der Waals surface area contributed by atoms with Gasteiger partial charge in [-0.1, -0.05) is 0 Å². The number of likely N-dealkylation sites (tertiary alicyclic amines) is 1. The van der Waals surface area contributed by atoms with Crippen molar-refractivity contribution in [3.8, 4) is 0 Å². The van der Waals surface area contributed by atoms with Gasteiger partial charge in [-0.05, 0) is 45.6 Å². The zero-order valence-electron chi connectivity index (χ0n) is 10.6. The molecule has 94 valence electrons. The number of hydrogen-bond donors (Lipinski definition) is 0. The lowest BCUT2D eigenvalue weighted by Gasteiger charge is -2.25. The van der Waals surface area contributed by atoms with Gasteiger partial charge < -0.3 is 9.32 Å². The molecule has 1 aromatic heterocycles. The summed E-state index contributed by atoms with van der Waals surface area (Å²) in [5, 5.41) is 0. The molecule has 0 aliphatic carbocycles. The second-order valence-electron chi connectivity index (χ2n) is 4.93. The molecule has 1 aliphatic rings. The van der Waals surface area contributed by atoms with E-state index in [9.17, 15) is 4.79 Å². The van der Waals surface area contributed by atoms with Crippen molar-refractivity contribution in [2.45, 2.75) is 18.9 Å². The molecule has 1 atom stereocenters. The summed E-state index contributed by atoms with van der Waals surface area (Å²) in [6.45, 7) is 2.52. The van der Waals surface area contributed by atoms with Crippen LogP contribution in [0.2, 0.25) is 0 Å². The number of ketones is 1. The molecule has 1 aliphatic heterocycles. The molecule has 2 rings (SSSR count). The molecule has 0 spiro atoms. The van der Waals surface area contributed by atoms with E-state index in [0.29, 0.717) is 18.3 Å². The summed E-state index contributed by atoms with van der Waals surface area (Å²) in [5.41, 5.74) is 0. The Labute approximate surface area is 102 Å². The first-order valence-electron chi connectivity index (χ1n) is 6.12. The molecule has 17 heavy (non-hydrogen) atoms. The summed E-state index contributed by atoms with van der Waals surface area (Å²) in [6, 6.07) is 4.00. The van der Waals surface area contributed by atoms with Crippen LogP contribution < -0.4 is 0 Å². The minimum Gasteiger partial charge on any atom is -0.461 e. The molecule has 4 nitrogen and oxygen atoms in total. The third kappa shape index (κ3) is 3.17. The van der Waals surface area contributed by atoms with Gasteiger partial charge in [0.15, 0.2) is 5.76 Å². The first-order chi connectivity index (χ1) is 8.16. The molecular weight excluding hydrogens is 216 g/mol. The lowest BCUT2D eigenvalue weighted by Crippen LogP contribution is -2.40. The second kappa shape index (κ2) is 5.47. The standard InChI is InChI=1S/C13H20N2O2/c1-14(2)9-11-5-3-7-15(11)10-12(16)13-6-4-8-17-13/h4,6,8,11H,3,5,7,9-10H2,1-2H3. The molecule has 1 unspecified atom stereocenters. The van der Waals surface area contributed by atoms with Crippen LogP contribution in [0.4, 0.5) is 0 Å². The number of likely N-dealkylation sites (N-methyl/N-ethyl adjacent to an activating group) is 1. The third-order valence-electron chi connectivity index (χ3n) is 3.22. The van der Waals surface area contributed by atoms with E-state index in [0.717, 1.165) is 13.1 Å². The summed E-state index contributed by atoms with van der Waals surface area (Å²) < 4.78 is 5.14. The van der Waals surface area contributed by atoms with Gasteiger partial charge in [-0.25, -0.2) is 0 Å². The summed E-state index contributed by atoms with van der Waals surface area (Å²) in [6.07, 6.45) is 3.92. The molecule has 0 bridgehead atoms. The Kier molecular flexibility index (Phi) is 3.97. The van der Waals surface area contributed by atoms with Crippen LogP contribution >= 0.6 is 0 Å². The van der Waals surface area contributed by atoms with Crippen LogP contribution in [-0.4, -0.2) is 55.4 Å². The van der Waals surface area contributed by atoms with Gasteiger partial charge in [0, 0.05) is 12.6 Å². The van der Waals surface area contributed by atoms with Crippen molar-refractivity contribution in [3.05, 3.63) is 24.2 Å². The van der Waals surface area contributed by atoms with E-state index in [1.807, 2.05) is 0 Å². The minimum atomic E-state index is 0.0839. The molecule has 1 saturated heterocycles. The van der Waals surface area contributed by atoms with Crippen LogP contribution in [-0.2, 0) is 0 Å². The van der Waals surface area contributed by atoms with E-state index >= 15 is 0 Å². The minimum absolute atomic E-state index is 0.0839. The van der Waals surface area contributed by atoms with E-state index in [4.69, 9.17) is 4.42 Å². The average molecular weight is 236 g/mol. The summed E-state index contributed by atoms with van der Waals surface area (Å²) in [7, 11) is 4.15. The molecule has 0 saturated carbocycles. The molecule has 0 radical (unpaired) electrons. The van der Waals surface area contributed by atoms with Crippen molar-refractivity contribution in [2.75, 3.05) is 33.7 Å². The highest BCUT2D eigenvalue weighted by Gasteiger charge is 2.27. The number of carbonyl (C=O) groups is 1. The van der Waals surface area contributed by atoms with E-state index in [2.05, 4.69) is 23.9 Å². The van der Waals surface area contributed by atoms with Crippen molar-refractivity contribution in [2.24, 2.45) is 0 Å². The van der Waals surface area contributed by atoms with E-state index < -0.39 is 0 Å². The Bertz CT molecular complexity index is 360. The number of Topliss-reactive ketones (excluding diaryl/α,β-unsaturated/α-hetero) is 1. The quantitative estimate of drug-likeness (QED) is 0.726. The summed E-state index contributed by atoms with van der Waals surface area (Å²) in [4.78, 5) is 16.4. The molecule has 0 aromatic carbocycles. The van der Waals surface area contributed by atoms with Gasteiger partial charge in [0.05, 0.1) is 12.8 Å². The van der Waals surface area contributed by atoms with Crippen LogP contribution in [0.5, 0.6) is 0 Å². The van der Waals surface area contributed by atoms with Crippen molar-refractivity contribution in [3.63, 3.8) is 0 Å². The van der Waals surface area contributed by atoms with Gasteiger partial charge in [-0.3, -0.25) is 9.69 Å². The van der Waals surface area contributed by atoms with Crippen LogP contribution in [0, 0.1) is 0 Å². The highest BCUT2D eigenvalue weighted by molar-refractivity contribution is 5.95. The molecule has 0 amide bonds. The summed E-state index contributed by atoms with van der Waals surface area (Å²) in [5.74, 6) is 0.557. The Morgan fingerprint density at radius 1 is 1.59 bits per heavy atom. The Morgan fingerprint density at radius 3 is 3.06 bits per heavy atom. The van der Waals surface area contributed by atoms with Crippen LogP contribution in [0.25, 0.3) is 0 Å². The average Bonchev–Trinajstić information content (AvgIpc) is 2.89.